The van der Waals surface area contributed by atoms with Gasteiger partial charge in [0, 0.05) is 13.1 Å². The smallest absolute Gasteiger partial charge is 0.340 e. The van der Waals surface area contributed by atoms with Crippen molar-refractivity contribution in [2.75, 3.05) is 25.0 Å². The number of nitrogens with one attached hydrogen (secondary N) is 1. The van der Waals surface area contributed by atoms with Crippen molar-refractivity contribution >= 4 is 27.6 Å². The number of sulfonamides is 1. The molecule has 154 valence electrons. The molecule has 0 aliphatic carbocycles. The van der Waals surface area contributed by atoms with Gasteiger partial charge in [-0.1, -0.05) is 30.3 Å². The van der Waals surface area contributed by atoms with Gasteiger partial charge in [-0.15, -0.1) is 0 Å². The standard InChI is InChI=1S/C21H24N2O5S/c1-2-28-21(25)18-12-6-7-13-19(18)22-20(24)16-9-8-14-23(15-16)29(26,27)17-10-4-3-5-11-17/h3-7,10-13,16H,2,8-9,14-15H2,1H3,(H,22,24)/t16-/m0/s1. The number of carbonyl (C=O) groups is 2. The minimum Gasteiger partial charge on any atom is -0.462 e. The lowest BCUT2D eigenvalue weighted by Crippen LogP contribution is -2.43. The molecule has 0 aromatic heterocycles. The quantitative estimate of drug-likeness (QED) is 0.731. The molecule has 1 N–H and O–H groups in total. The van der Waals surface area contributed by atoms with E-state index in [0.717, 1.165) is 0 Å². The molecule has 1 saturated heterocycles. The highest BCUT2D eigenvalue weighted by atomic mass is 32.2. The number of benzene rings is 2. The van der Waals surface area contributed by atoms with E-state index in [9.17, 15) is 18.0 Å². The minimum absolute atomic E-state index is 0.102. The fourth-order valence-corrected chi connectivity index (χ4v) is 4.87. The van der Waals surface area contributed by atoms with Crippen LogP contribution in [0.1, 0.15) is 30.1 Å². The second-order valence-electron chi connectivity index (χ2n) is 6.77. The number of amides is 1. The van der Waals surface area contributed by atoms with Gasteiger partial charge in [-0.2, -0.15) is 4.31 Å². The second-order valence-corrected chi connectivity index (χ2v) is 8.71. The van der Waals surface area contributed by atoms with Crippen molar-refractivity contribution in [2.24, 2.45) is 5.92 Å². The third kappa shape index (κ3) is 4.83. The molecule has 1 aliphatic heterocycles. The molecule has 1 amide bonds. The molecule has 7 nitrogen and oxygen atoms in total. The molecule has 1 atom stereocenters. The molecule has 1 aliphatic rings. The van der Waals surface area contributed by atoms with E-state index in [1.54, 1.807) is 61.5 Å². The summed E-state index contributed by atoms with van der Waals surface area (Å²) in [5.74, 6) is -1.33. The van der Waals surface area contributed by atoms with Crippen LogP contribution >= 0.6 is 0 Å². The van der Waals surface area contributed by atoms with E-state index in [2.05, 4.69) is 5.32 Å². The van der Waals surface area contributed by atoms with Crippen LogP contribution in [0, 0.1) is 5.92 Å². The topological polar surface area (TPSA) is 92.8 Å². The van der Waals surface area contributed by atoms with Crippen molar-refractivity contribution < 1.29 is 22.7 Å². The average molecular weight is 416 g/mol. The fraction of sp³-hybridized carbons (Fsp3) is 0.333. The number of anilines is 1. The number of hydrogen-bond donors (Lipinski definition) is 1. The zero-order valence-electron chi connectivity index (χ0n) is 16.2. The van der Waals surface area contributed by atoms with Gasteiger partial charge in [0.15, 0.2) is 0 Å². The number of piperidine rings is 1. The highest BCUT2D eigenvalue weighted by Crippen LogP contribution is 2.25. The highest BCUT2D eigenvalue weighted by Gasteiger charge is 2.33. The summed E-state index contributed by atoms with van der Waals surface area (Å²) >= 11 is 0. The maximum Gasteiger partial charge on any atom is 0.340 e. The first-order valence-electron chi connectivity index (χ1n) is 9.55. The van der Waals surface area contributed by atoms with Crippen LogP contribution in [0.25, 0.3) is 0 Å². The summed E-state index contributed by atoms with van der Waals surface area (Å²) in [6, 6.07) is 14.8. The monoisotopic (exact) mass is 416 g/mol. The molecule has 8 heteroatoms. The van der Waals surface area contributed by atoms with Gasteiger partial charge in [-0.25, -0.2) is 13.2 Å². The first-order chi connectivity index (χ1) is 13.9. The van der Waals surface area contributed by atoms with Gasteiger partial charge in [0.1, 0.15) is 0 Å². The van der Waals surface area contributed by atoms with Crippen LogP contribution in [0.2, 0.25) is 0 Å². The van der Waals surface area contributed by atoms with E-state index in [-0.39, 0.29) is 29.5 Å². The van der Waals surface area contributed by atoms with E-state index in [0.29, 0.717) is 25.1 Å². The van der Waals surface area contributed by atoms with Crippen LogP contribution in [-0.4, -0.2) is 44.3 Å². The number of carbonyl (C=O) groups excluding carboxylic acids is 2. The van der Waals surface area contributed by atoms with Gasteiger partial charge >= 0.3 is 5.97 Å². The summed E-state index contributed by atoms with van der Waals surface area (Å²) in [4.78, 5) is 25.1. The lowest BCUT2D eigenvalue weighted by molar-refractivity contribution is -0.120. The van der Waals surface area contributed by atoms with Gasteiger partial charge in [-0.05, 0) is 44.0 Å². The summed E-state index contributed by atoms with van der Waals surface area (Å²) in [6.45, 7) is 2.42. The zero-order chi connectivity index (χ0) is 20.9. The Morgan fingerprint density at radius 1 is 1.10 bits per heavy atom. The minimum atomic E-state index is -3.65. The first kappa shape index (κ1) is 21.0. The summed E-state index contributed by atoms with van der Waals surface area (Å²) in [5.41, 5.74) is 0.631. The average Bonchev–Trinajstić information content (AvgIpc) is 2.75. The molecule has 2 aromatic rings. The Hall–Kier alpha value is -2.71. The van der Waals surface area contributed by atoms with Crippen LogP contribution in [0.3, 0.4) is 0 Å². The summed E-state index contributed by atoms with van der Waals surface area (Å²) in [5, 5.41) is 2.77. The molecule has 0 unspecified atom stereocenters. The normalized spacial score (nSPS) is 17.5. The zero-order valence-corrected chi connectivity index (χ0v) is 17.0. The molecule has 1 heterocycles. The van der Waals surface area contributed by atoms with E-state index in [1.807, 2.05) is 0 Å². The van der Waals surface area contributed by atoms with Crippen LogP contribution < -0.4 is 5.32 Å². The third-order valence-corrected chi connectivity index (χ3v) is 6.70. The van der Waals surface area contributed by atoms with Crippen molar-refractivity contribution in [3.8, 4) is 0 Å². The van der Waals surface area contributed by atoms with Crippen molar-refractivity contribution in [3.63, 3.8) is 0 Å². The first-order valence-corrected chi connectivity index (χ1v) is 11.0. The highest BCUT2D eigenvalue weighted by molar-refractivity contribution is 7.89. The van der Waals surface area contributed by atoms with Gasteiger partial charge in [0.25, 0.3) is 0 Å². The Kier molecular flexibility index (Phi) is 6.66. The molecule has 29 heavy (non-hydrogen) atoms. The Labute approximate surface area is 170 Å². The Morgan fingerprint density at radius 3 is 2.52 bits per heavy atom. The van der Waals surface area contributed by atoms with Crippen molar-refractivity contribution in [3.05, 3.63) is 60.2 Å². The van der Waals surface area contributed by atoms with Crippen molar-refractivity contribution in [1.29, 1.82) is 0 Å². The van der Waals surface area contributed by atoms with Crippen LogP contribution in [0.5, 0.6) is 0 Å². The van der Waals surface area contributed by atoms with Crippen LogP contribution in [-0.2, 0) is 19.6 Å². The Morgan fingerprint density at radius 2 is 1.79 bits per heavy atom. The van der Waals surface area contributed by atoms with Crippen molar-refractivity contribution in [2.45, 2.75) is 24.7 Å². The summed E-state index contributed by atoms with van der Waals surface area (Å²) in [7, 11) is -3.65. The van der Waals surface area contributed by atoms with Gasteiger partial charge < -0.3 is 10.1 Å². The number of rotatable bonds is 6. The SMILES string of the molecule is CCOC(=O)c1ccccc1NC(=O)[C@H]1CCCN(S(=O)(=O)c2ccccc2)C1. The Bertz CT molecular complexity index is 976. The number of hydrogen-bond acceptors (Lipinski definition) is 5. The lowest BCUT2D eigenvalue weighted by Gasteiger charge is -2.31. The molecule has 0 bridgehead atoms. The molecule has 1 fully saturated rings. The molecule has 0 radical (unpaired) electrons. The van der Waals surface area contributed by atoms with Gasteiger partial charge in [-0.3, -0.25) is 4.79 Å². The van der Waals surface area contributed by atoms with E-state index < -0.39 is 21.9 Å². The second kappa shape index (κ2) is 9.19. The number of para-hydroxylation sites is 1. The Balaban J connectivity index is 1.74. The number of nitrogens with zero attached hydrogens (tertiary/aromatic N) is 1. The molecule has 3 rings (SSSR count). The maximum absolute atomic E-state index is 12.9. The number of esters is 1. The van der Waals surface area contributed by atoms with E-state index in [1.165, 1.54) is 4.31 Å². The predicted octanol–water partition coefficient (Wildman–Crippen LogP) is 2.90. The third-order valence-electron chi connectivity index (χ3n) is 4.82. The maximum atomic E-state index is 12.9. The van der Waals surface area contributed by atoms with E-state index in [4.69, 9.17) is 4.74 Å². The van der Waals surface area contributed by atoms with E-state index >= 15 is 0 Å². The predicted molar refractivity (Wildman–Crippen MR) is 109 cm³/mol. The van der Waals surface area contributed by atoms with Gasteiger partial charge in [0.05, 0.1) is 28.7 Å². The summed E-state index contributed by atoms with van der Waals surface area (Å²) in [6.07, 6.45) is 1.16. The van der Waals surface area contributed by atoms with Gasteiger partial charge in [0.2, 0.25) is 15.9 Å². The lowest BCUT2D eigenvalue weighted by atomic mass is 9.98. The molecule has 2 aromatic carbocycles. The van der Waals surface area contributed by atoms with Crippen LogP contribution in [0.4, 0.5) is 5.69 Å². The molecule has 0 saturated carbocycles. The van der Waals surface area contributed by atoms with Crippen molar-refractivity contribution in [1.82, 2.24) is 4.31 Å². The molecular formula is C21H24N2O5S. The molecule has 0 spiro atoms. The number of ether oxygens (including phenoxy) is 1. The fourth-order valence-electron chi connectivity index (χ4n) is 3.33. The summed E-state index contributed by atoms with van der Waals surface area (Å²) < 4.78 is 32.1. The largest absolute Gasteiger partial charge is 0.462 e. The molecular weight excluding hydrogens is 392 g/mol. The van der Waals surface area contributed by atoms with Crippen LogP contribution in [0.15, 0.2) is 59.5 Å².